The maximum atomic E-state index is 12.7. The van der Waals surface area contributed by atoms with Crippen LogP contribution < -0.4 is 21.4 Å². The molecule has 2 aliphatic heterocycles. The predicted molar refractivity (Wildman–Crippen MR) is 122 cm³/mol. The van der Waals surface area contributed by atoms with Crippen molar-refractivity contribution in [3.05, 3.63) is 75.8 Å². The maximum Gasteiger partial charge on any atom is 0.336 e. The highest BCUT2D eigenvalue weighted by Crippen LogP contribution is 2.47. The third kappa shape index (κ3) is 3.96. The zero-order valence-corrected chi connectivity index (χ0v) is 18.7. The van der Waals surface area contributed by atoms with E-state index in [0.29, 0.717) is 29.7 Å². The van der Waals surface area contributed by atoms with E-state index in [4.69, 9.17) is 19.6 Å². The van der Waals surface area contributed by atoms with Gasteiger partial charge < -0.3 is 24.9 Å². The van der Waals surface area contributed by atoms with Crippen molar-refractivity contribution in [3.63, 3.8) is 0 Å². The smallest absolute Gasteiger partial charge is 0.336 e. The van der Waals surface area contributed by atoms with Crippen molar-refractivity contribution in [1.82, 2.24) is 5.32 Å². The molecule has 2 aliphatic rings. The fourth-order valence-electron chi connectivity index (χ4n) is 4.08. The molecule has 0 aliphatic carbocycles. The van der Waals surface area contributed by atoms with Crippen LogP contribution in [0.5, 0.6) is 5.75 Å². The number of nitrogens with one attached hydrogen (secondary N) is 1. The predicted octanol–water partition coefficient (Wildman–Crippen LogP) is 3.47. The van der Waals surface area contributed by atoms with Gasteiger partial charge >= 0.3 is 11.6 Å². The third-order valence-electron chi connectivity index (χ3n) is 6.25. The molecule has 0 saturated carbocycles. The molecule has 7 heteroatoms. The van der Waals surface area contributed by atoms with Gasteiger partial charge in [-0.15, -0.1) is 0 Å². The van der Waals surface area contributed by atoms with Crippen LogP contribution in [0.4, 0.5) is 0 Å². The van der Waals surface area contributed by atoms with E-state index in [1.54, 1.807) is 32.1 Å². The normalized spacial score (nSPS) is 22.7. The van der Waals surface area contributed by atoms with E-state index >= 15 is 0 Å². The SMILES string of the molecule is C/C=C(\C)C(=O)OC(C)(C)[C@]1(CC2=CNC(N)C=C2)Cc2cc3ccc(=O)oc3cc2O1. The summed E-state index contributed by atoms with van der Waals surface area (Å²) < 4.78 is 17.9. The number of benzene rings is 1. The average molecular weight is 437 g/mol. The Labute approximate surface area is 186 Å². The standard InChI is InChI=1S/C25H28N2O5/c1-5-15(2)23(29)32-24(3,4)25(12-16-6-8-21(26)27-14-16)13-18-10-17-7-9-22(28)30-19(17)11-20(18)31-25/h5-11,14,21,27H,12-13,26H2,1-4H3/b15-5+/t21?,25-/m0/s1. The van der Waals surface area contributed by atoms with E-state index in [0.717, 1.165) is 16.5 Å². The first kappa shape index (κ1) is 21.9. The molecule has 1 aromatic heterocycles. The van der Waals surface area contributed by atoms with Crippen molar-refractivity contribution >= 4 is 16.9 Å². The van der Waals surface area contributed by atoms with Crippen LogP contribution in [0.25, 0.3) is 11.0 Å². The summed E-state index contributed by atoms with van der Waals surface area (Å²) in [5.74, 6) is 0.227. The van der Waals surface area contributed by atoms with Gasteiger partial charge in [0.2, 0.25) is 0 Å². The highest BCUT2D eigenvalue weighted by atomic mass is 16.6. The Kier molecular flexibility index (Phi) is 5.46. The van der Waals surface area contributed by atoms with E-state index < -0.39 is 16.8 Å². The topological polar surface area (TPSA) is 104 Å². The molecule has 4 rings (SSSR count). The number of dihydropyridines is 1. The quantitative estimate of drug-likeness (QED) is 0.420. The number of rotatable bonds is 5. The molecule has 7 nitrogen and oxygen atoms in total. The summed E-state index contributed by atoms with van der Waals surface area (Å²) >= 11 is 0. The Morgan fingerprint density at radius 3 is 2.84 bits per heavy atom. The Balaban J connectivity index is 1.75. The molecule has 2 atom stereocenters. The van der Waals surface area contributed by atoms with Gasteiger partial charge in [0.05, 0.1) is 6.17 Å². The van der Waals surface area contributed by atoms with Gasteiger partial charge in [-0.05, 0) is 57.0 Å². The van der Waals surface area contributed by atoms with Crippen LogP contribution in [-0.4, -0.2) is 23.3 Å². The van der Waals surface area contributed by atoms with Gasteiger partial charge in [0.1, 0.15) is 16.9 Å². The minimum Gasteiger partial charge on any atom is -0.482 e. The molecule has 1 unspecified atom stereocenters. The lowest BCUT2D eigenvalue weighted by atomic mass is 9.77. The number of ether oxygens (including phenoxy) is 2. The Morgan fingerprint density at radius 1 is 1.38 bits per heavy atom. The van der Waals surface area contributed by atoms with Crippen LogP contribution in [0.2, 0.25) is 0 Å². The molecule has 32 heavy (non-hydrogen) atoms. The second-order valence-corrected chi connectivity index (χ2v) is 8.84. The fraction of sp³-hybridized carbons (Fsp3) is 0.360. The van der Waals surface area contributed by atoms with Crippen molar-refractivity contribution in [3.8, 4) is 5.75 Å². The van der Waals surface area contributed by atoms with Crippen LogP contribution in [0.3, 0.4) is 0 Å². The molecule has 0 spiro atoms. The number of nitrogens with two attached hydrogens (primary N) is 1. The Morgan fingerprint density at radius 2 is 2.16 bits per heavy atom. The second kappa shape index (κ2) is 7.98. The molecule has 2 aromatic rings. The lowest BCUT2D eigenvalue weighted by Gasteiger charge is -2.43. The molecule has 0 amide bonds. The van der Waals surface area contributed by atoms with Crippen molar-refractivity contribution in [2.24, 2.45) is 5.73 Å². The summed E-state index contributed by atoms with van der Waals surface area (Å²) in [5, 5.41) is 3.92. The van der Waals surface area contributed by atoms with Crippen LogP contribution in [0.1, 0.15) is 39.7 Å². The minimum atomic E-state index is -0.978. The summed E-state index contributed by atoms with van der Waals surface area (Å²) in [4.78, 5) is 24.3. The van der Waals surface area contributed by atoms with Gasteiger partial charge in [0.25, 0.3) is 0 Å². The summed E-state index contributed by atoms with van der Waals surface area (Å²) in [6.45, 7) is 7.26. The zero-order chi connectivity index (χ0) is 23.1. The molecule has 0 radical (unpaired) electrons. The molecule has 0 bridgehead atoms. The zero-order valence-electron chi connectivity index (χ0n) is 18.7. The second-order valence-electron chi connectivity index (χ2n) is 8.84. The number of hydrogen-bond acceptors (Lipinski definition) is 7. The molecule has 0 fully saturated rings. The van der Waals surface area contributed by atoms with Gasteiger partial charge in [-0.3, -0.25) is 0 Å². The first-order valence-electron chi connectivity index (χ1n) is 10.6. The number of esters is 1. The summed E-state index contributed by atoms with van der Waals surface area (Å²) in [7, 11) is 0. The van der Waals surface area contributed by atoms with E-state index in [1.807, 2.05) is 38.3 Å². The van der Waals surface area contributed by atoms with E-state index in [-0.39, 0.29) is 12.1 Å². The third-order valence-corrected chi connectivity index (χ3v) is 6.25. The molecular formula is C25H28N2O5. The van der Waals surface area contributed by atoms with Crippen LogP contribution >= 0.6 is 0 Å². The lowest BCUT2D eigenvalue weighted by Crippen LogP contribution is -2.56. The van der Waals surface area contributed by atoms with Crippen LogP contribution in [0.15, 0.2) is 69.1 Å². The van der Waals surface area contributed by atoms with E-state index in [1.165, 1.54) is 6.07 Å². The summed E-state index contributed by atoms with van der Waals surface area (Å²) in [6.07, 6.45) is 8.17. The number of carbonyl (C=O) groups excluding carboxylic acids is 1. The molecular weight excluding hydrogens is 408 g/mol. The number of allylic oxidation sites excluding steroid dienone is 2. The van der Waals surface area contributed by atoms with Crippen molar-refractivity contribution in [2.75, 3.05) is 0 Å². The molecule has 0 saturated heterocycles. The van der Waals surface area contributed by atoms with E-state index in [9.17, 15) is 9.59 Å². The van der Waals surface area contributed by atoms with Crippen molar-refractivity contribution in [2.45, 2.75) is 57.9 Å². The van der Waals surface area contributed by atoms with Gasteiger partial charge in [-0.25, -0.2) is 9.59 Å². The molecule has 3 heterocycles. The van der Waals surface area contributed by atoms with Gasteiger partial charge in [-0.1, -0.05) is 12.2 Å². The Hall–Kier alpha value is -3.32. The van der Waals surface area contributed by atoms with Crippen molar-refractivity contribution in [1.29, 1.82) is 0 Å². The molecule has 168 valence electrons. The monoisotopic (exact) mass is 436 g/mol. The first-order chi connectivity index (χ1) is 15.1. The van der Waals surface area contributed by atoms with Gasteiger partial charge in [-0.2, -0.15) is 0 Å². The highest BCUT2D eigenvalue weighted by Gasteiger charge is 2.54. The molecule has 3 N–H and O–H groups in total. The first-order valence-corrected chi connectivity index (χ1v) is 10.6. The van der Waals surface area contributed by atoms with Crippen LogP contribution in [0, 0.1) is 0 Å². The van der Waals surface area contributed by atoms with E-state index in [2.05, 4.69) is 5.32 Å². The molecule has 1 aromatic carbocycles. The number of fused-ring (bicyclic) bond motifs is 2. The number of carbonyl (C=O) groups is 1. The summed E-state index contributed by atoms with van der Waals surface area (Å²) in [6, 6.07) is 6.83. The largest absolute Gasteiger partial charge is 0.482 e. The maximum absolute atomic E-state index is 12.7. The van der Waals surface area contributed by atoms with Gasteiger partial charge in [0, 0.05) is 42.1 Å². The minimum absolute atomic E-state index is 0.243. The average Bonchev–Trinajstić information content (AvgIpc) is 3.11. The lowest BCUT2D eigenvalue weighted by molar-refractivity contribution is -0.174. The van der Waals surface area contributed by atoms with Crippen LogP contribution in [-0.2, 0) is 16.0 Å². The fourth-order valence-corrected chi connectivity index (χ4v) is 4.08. The summed E-state index contributed by atoms with van der Waals surface area (Å²) in [5.41, 5.74) is 6.53. The van der Waals surface area contributed by atoms with Gasteiger partial charge in [0.15, 0.2) is 5.60 Å². The highest BCUT2D eigenvalue weighted by molar-refractivity contribution is 5.88. The Bertz CT molecular complexity index is 1220. The van der Waals surface area contributed by atoms with Crippen molar-refractivity contribution < 1.29 is 18.7 Å². The number of hydrogen-bond donors (Lipinski definition) is 2.